The first-order valence-corrected chi connectivity index (χ1v) is 5.52. The second kappa shape index (κ2) is 6.59. The van der Waals surface area contributed by atoms with Gasteiger partial charge in [-0.2, -0.15) is 0 Å². The van der Waals surface area contributed by atoms with Gasteiger partial charge in [0.1, 0.15) is 0 Å². The first-order valence-electron chi connectivity index (χ1n) is 5.52. The average Bonchev–Trinajstić information content (AvgIpc) is 2.29. The number of ether oxygens (including phenoxy) is 1. The fourth-order valence-electron chi connectivity index (χ4n) is 1.49. The molecule has 2 atom stereocenters. The topological polar surface area (TPSA) is 21.3 Å². The number of nitrogens with one attached hydrogen (secondary N) is 1. The van der Waals surface area contributed by atoms with Crippen LogP contribution >= 0.6 is 0 Å². The Morgan fingerprint density at radius 1 is 1.13 bits per heavy atom. The van der Waals surface area contributed by atoms with E-state index >= 15 is 0 Å². The van der Waals surface area contributed by atoms with Crippen molar-refractivity contribution in [2.75, 3.05) is 20.2 Å². The summed E-state index contributed by atoms with van der Waals surface area (Å²) >= 11 is 0. The van der Waals surface area contributed by atoms with E-state index in [0.29, 0.717) is 5.92 Å². The zero-order chi connectivity index (χ0) is 11.1. The number of rotatable bonds is 6. The minimum Gasteiger partial charge on any atom is -0.380 e. The highest BCUT2D eigenvalue weighted by Crippen LogP contribution is 2.12. The Bertz CT molecular complexity index is 260. The summed E-state index contributed by atoms with van der Waals surface area (Å²) in [6, 6.07) is 10.6. The largest absolute Gasteiger partial charge is 0.380 e. The molecule has 2 unspecified atom stereocenters. The smallest absolute Gasteiger partial charge is 0.0667 e. The predicted octanol–water partition coefficient (Wildman–Crippen LogP) is 2.41. The molecular formula is C13H21NO. The molecule has 1 aromatic rings. The third-order valence-corrected chi connectivity index (χ3v) is 2.65. The summed E-state index contributed by atoms with van der Waals surface area (Å²) in [5.74, 6) is 0.551. The maximum Gasteiger partial charge on any atom is 0.0667 e. The van der Waals surface area contributed by atoms with Gasteiger partial charge in [-0.05, 0) is 18.4 Å². The molecule has 0 fully saturated rings. The number of hydrogen-bond acceptors (Lipinski definition) is 2. The third-order valence-electron chi connectivity index (χ3n) is 2.65. The SMILES string of the molecule is COC(C)CNCC(C)c1ccccc1. The summed E-state index contributed by atoms with van der Waals surface area (Å²) < 4.78 is 5.18. The molecule has 0 bridgehead atoms. The molecule has 0 saturated heterocycles. The zero-order valence-corrected chi connectivity index (χ0v) is 9.86. The van der Waals surface area contributed by atoms with Crippen molar-refractivity contribution in [1.82, 2.24) is 5.32 Å². The Labute approximate surface area is 92.6 Å². The van der Waals surface area contributed by atoms with E-state index in [2.05, 4.69) is 49.5 Å². The van der Waals surface area contributed by atoms with Crippen LogP contribution in [0.5, 0.6) is 0 Å². The first-order chi connectivity index (χ1) is 7.24. The van der Waals surface area contributed by atoms with Gasteiger partial charge in [-0.25, -0.2) is 0 Å². The van der Waals surface area contributed by atoms with Gasteiger partial charge in [0.15, 0.2) is 0 Å². The van der Waals surface area contributed by atoms with Crippen LogP contribution in [-0.2, 0) is 4.74 Å². The Morgan fingerprint density at radius 3 is 2.40 bits per heavy atom. The molecule has 15 heavy (non-hydrogen) atoms. The molecule has 2 nitrogen and oxygen atoms in total. The maximum absolute atomic E-state index is 5.18. The third kappa shape index (κ3) is 4.45. The van der Waals surface area contributed by atoms with E-state index in [1.165, 1.54) is 5.56 Å². The number of hydrogen-bond donors (Lipinski definition) is 1. The molecule has 0 aliphatic rings. The van der Waals surface area contributed by atoms with Gasteiger partial charge in [0.05, 0.1) is 6.10 Å². The second-order valence-electron chi connectivity index (χ2n) is 4.02. The Balaban J connectivity index is 2.28. The quantitative estimate of drug-likeness (QED) is 0.773. The maximum atomic E-state index is 5.18. The van der Waals surface area contributed by atoms with Crippen LogP contribution in [0.15, 0.2) is 30.3 Å². The average molecular weight is 207 g/mol. The predicted molar refractivity (Wildman–Crippen MR) is 64.2 cm³/mol. The highest BCUT2D eigenvalue weighted by atomic mass is 16.5. The summed E-state index contributed by atoms with van der Waals surface area (Å²) in [5, 5.41) is 3.41. The molecule has 1 aromatic carbocycles. The molecule has 0 aromatic heterocycles. The molecule has 0 aliphatic carbocycles. The molecule has 0 amide bonds. The fraction of sp³-hybridized carbons (Fsp3) is 0.538. The molecule has 0 saturated carbocycles. The molecule has 1 N–H and O–H groups in total. The van der Waals surface area contributed by atoms with Crippen LogP contribution in [0, 0.1) is 0 Å². The van der Waals surface area contributed by atoms with Gasteiger partial charge in [0.25, 0.3) is 0 Å². The lowest BCUT2D eigenvalue weighted by Crippen LogP contribution is -2.29. The standard InChI is InChI=1S/C13H21NO/c1-11(9-14-10-12(2)15-3)13-7-5-4-6-8-13/h4-8,11-12,14H,9-10H2,1-3H3. The normalized spacial score (nSPS) is 14.9. The number of benzene rings is 1. The van der Waals surface area contributed by atoms with Gasteiger partial charge >= 0.3 is 0 Å². The minimum absolute atomic E-state index is 0.285. The van der Waals surface area contributed by atoms with Gasteiger partial charge in [-0.3, -0.25) is 0 Å². The second-order valence-corrected chi connectivity index (χ2v) is 4.02. The Kier molecular flexibility index (Phi) is 5.37. The van der Waals surface area contributed by atoms with E-state index < -0.39 is 0 Å². The van der Waals surface area contributed by atoms with E-state index in [1.54, 1.807) is 7.11 Å². The van der Waals surface area contributed by atoms with E-state index in [1.807, 2.05) is 0 Å². The van der Waals surface area contributed by atoms with Gasteiger partial charge in [0.2, 0.25) is 0 Å². The van der Waals surface area contributed by atoms with Crippen LogP contribution in [0.3, 0.4) is 0 Å². The highest BCUT2D eigenvalue weighted by molar-refractivity contribution is 5.18. The summed E-state index contributed by atoms with van der Waals surface area (Å²) in [5.41, 5.74) is 1.38. The van der Waals surface area contributed by atoms with Crippen LogP contribution in [0.2, 0.25) is 0 Å². The minimum atomic E-state index is 0.285. The van der Waals surface area contributed by atoms with Crippen molar-refractivity contribution in [3.8, 4) is 0 Å². The van der Waals surface area contributed by atoms with E-state index in [4.69, 9.17) is 4.74 Å². The molecule has 0 heterocycles. The molecule has 0 aliphatic heterocycles. The van der Waals surface area contributed by atoms with Crippen LogP contribution in [0.1, 0.15) is 25.3 Å². The van der Waals surface area contributed by atoms with Gasteiger partial charge < -0.3 is 10.1 Å². The van der Waals surface area contributed by atoms with Crippen molar-refractivity contribution in [2.24, 2.45) is 0 Å². The Morgan fingerprint density at radius 2 is 1.80 bits per heavy atom. The summed E-state index contributed by atoms with van der Waals surface area (Å²) in [7, 11) is 1.74. The van der Waals surface area contributed by atoms with E-state index in [-0.39, 0.29) is 6.10 Å². The highest BCUT2D eigenvalue weighted by Gasteiger charge is 2.05. The van der Waals surface area contributed by atoms with Crippen molar-refractivity contribution < 1.29 is 4.74 Å². The summed E-state index contributed by atoms with van der Waals surface area (Å²) in [6.07, 6.45) is 0.285. The molecular weight excluding hydrogens is 186 g/mol. The van der Waals surface area contributed by atoms with Crippen LogP contribution < -0.4 is 5.32 Å². The molecule has 84 valence electrons. The van der Waals surface area contributed by atoms with Crippen molar-refractivity contribution in [3.05, 3.63) is 35.9 Å². The summed E-state index contributed by atoms with van der Waals surface area (Å²) in [4.78, 5) is 0. The van der Waals surface area contributed by atoms with Crippen LogP contribution in [-0.4, -0.2) is 26.3 Å². The monoisotopic (exact) mass is 207 g/mol. The van der Waals surface area contributed by atoms with Crippen molar-refractivity contribution >= 4 is 0 Å². The first kappa shape index (κ1) is 12.2. The molecule has 2 heteroatoms. The lowest BCUT2D eigenvalue weighted by Gasteiger charge is -2.15. The molecule has 1 rings (SSSR count). The summed E-state index contributed by atoms with van der Waals surface area (Å²) in [6.45, 7) is 6.21. The lowest BCUT2D eigenvalue weighted by molar-refractivity contribution is 0.117. The van der Waals surface area contributed by atoms with Gasteiger partial charge in [-0.1, -0.05) is 37.3 Å². The zero-order valence-electron chi connectivity index (χ0n) is 9.86. The van der Waals surface area contributed by atoms with E-state index in [9.17, 15) is 0 Å². The van der Waals surface area contributed by atoms with Gasteiger partial charge in [0, 0.05) is 20.2 Å². The Hall–Kier alpha value is -0.860. The molecule has 0 radical (unpaired) electrons. The van der Waals surface area contributed by atoms with Gasteiger partial charge in [-0.15, -0.1) is 0 Å². The van der Waals surface area contributed by atoms with Crippen molar-refractivity contribution in [1.29, 1.82) is 0 Å². The number of methoxy groups -OCH3 is 1. The fourth-order valence-corrected chi connectivity index (χ4v) is 1.49. The van der Waals surface area contributed by atoms with Crippen LogP contribution in [0.4, 0.5) is 0 Å². The van der Waals surface area contributed by atoms with E-state index in [0.717, 1.165) is 13.1 Å². The van der Waals surface area contributed by atoms with Crippen molar-refractivity contribution in [3.63, 3.8) is 0 Å². The van der Waals surface area contributed by atoms with Crippen molar-refractivity contribution in [2.45, 2.75) is 25.9 Å². The lowest BCUT2D eigenvalue weighted by atomic mass is 10.0. The molecule has 0 spiro atoms. The van der Waals surface area contributed by atoms with Crippen LogP contribution in [0.25, 0.3) is 0 Å².